The molecule has 1 aromatic carbocycles. The van der Waals surface area contributed by atoms with Crippen molar-refractivity contribution in [3.63, 3.8) is 0 Å². The molecule has 0 aromatic heterocycles. The maximum atomic E-state index is 9.73. The topological polar surface area (TPSA) is 52.5 Å². The number of aryl methyl sites for hydroxylation is 1. The molecule has 3 N–H and O–H groups in total. The predicted molar refractivity (Wildman–Crippen MR) is 65.3 cm³/mol. The van der Waals surface area contributed by atoms with Gasteiger partial charge in [0.05, 0.1) is 12.2 Å². The third-order valence-corrected chi connectivity index (χ3v) is 2.61. The van der Waals surface area contributed by atoms with Crippen molar-refractivity contribution < 1.29 is 10.2 Å². The Hall–Kier alpha value is -0.900. The summed E-state index contributed by atoms with van der Waals surface area (Å²) in [5.41, 5.74) is 2.12. The van der Waals surface area contributed by atoms with Crippen LogP contribution < -0.4 is 5.32 Å². The summed E-state index contributed by atoms with van der Waals surface area (Å²) in [6.07, 6.45) is 0.948. The van der Waals surface area contributed by atoms with Crippen molar-refractivity contribution in [2.24, 2.45) is 0 Å². The largest absolute Gasteiger partial charge is 0.393 e. The van der Waals surface area contributed by atoms with Gasteiger partial charge in [-0.1, -0.05) is 24.3 Å². The SMILES string of the molecule is CNCC(O)c1ccc(CCC(C)O)cc1. The Balaban J connectivity index is 2.53. The minimum Gasteiger partial charge on any atom is -0.393 e. The lowest BCUT2D eigenvalue weighted by Gasteiger charge is -2.11. The first-order valence-electron chi connectivity index (χ1n) is 5.73. The lowest BCUT2D eigenvalue weighted by molar-refractivity contribution is 0.177. The van der Waals surface area contributed by atoms with Gasteiger partial charge in [-0.3, -0.25) is 0 Å². The molecule has 2 unspecified atom stereocenters. The van der Waals surface area contributed by atoms with Crippen LogP contribution in [0.5, 0.6) is 0 Å². The average molecular weight is 223 g/mol. The second kappa shape index (κ2) is 6.63. The highest BCUT2D eigenvalue weighted by molar-refractivity contribution is 5.24. The van der Waals surface area contributed by atoms with E-state index in [-0.39, 0.29) is 6.10 Å². The van der Waals surface area contributed by atoms with Gasteiger partial charge in [-0.15, -0.1) is 0 Å². The smallest absolute Gasteiger partial charge is 0.0914 e. The van der Waals surface area contributed by atoms with E-state index in [1.54, 1.807) is 6.92 Å². The van der Waals surface area contributed by atoms with Gasteiger partial charge in [-0.05, 0) is 37.9 Å². The fourth-order valence-electron chi connectivity index (χ4n) is 1.59. The van der Waals surface area contributed by atoms with E-state index >= 15 is 0 Å². The molecule has 0 aliphatic heterocycles. The molecule has 0 saturated heterocycles. The van der Waals surface area contributed by atoms with E-state index in [2.05, 4.69) is 5.32 Å². The second-order valence-electron chi connectivity index (χ2n) is 4.20. The van der Waals surface area contributed by atoms with Gasteiger partial charge in [0.2, 0.25) is 0 Å². The van der Waals surface area contributed by atoms with Crippen molar-refractivity contribution in [1.29, 1.82) is 0 Å². The zero-order chi connectivity index (χ0) is 12.0. The van der Waals surface area contributed by atoms with E-state index in [4.69, 9.17) is 0 Å². The molecule has 3 heteroatoms. The lowest BCUT2D eigenvalue weighted by atomic mass is 10.0. The van der Waals surface area contributed by atoms with Crippen LogP contribution >= 0.6 is 0 Å². The fourth-order valence-corrected chi connectivity index (χ4v) is 1.59. The first-order chi connectivity index (χ1) is 7.63. The van der Waals surface area contributed by atoms with Crippen molar-refractivity contribution in [2.45, 2.75) is 32.0 Å². The summed E-state index contributed by atoms with van der Waals surface area (Å²) in [6.45, 7) is 2.36. The highest BCUT2D eigenvalue weighted by Crippen LogP contribution is 2.14. The number of aliphatic hydroxyl groups is 2. The summed E-state index contributed by atoms with van der Waals surface area (Å²) in [5, 5.41) is 21.8. The molecule has 0 fully saturated rings. The maximum absolute atomic E-state index is 9.73. The van der Waals surface area contributed by atoms with Gasteiger partial charge >= 0.3 is 0 Å². The maximum Gasteiger partial charge on any atom is 0.0914 e. The van der Waals surface area contributed by atoms with Crippen molar-refractivity contribution in [3.05, 3.63) is 35.4 Å². The molecule has 16 heavy (non-hydrogen) atoms. The molecule has 90 valence electrons. The summed E-state index contributed by atoms with van der Waals surface area (Å²) in [4.78, 5) is 0. The van der Waals surface area contributed by atoms with E-state index < -0.39 is 6.10 Å². The number of hydrogen-bond acceptors (Lipinski definition) is 3. The summed E-state index contributed by atoms with van der Waals surface area (Å²) in [5.74, 6) is 0. The second-order valence-corrected chi connectivity index (χ2v) is 4.20. The Bertz CT molecular complexity index is 295. The molecule has 0 radical (unpaired) electrons. The van der Waals surface area contributed by atoms with Gasteiger partial charge in [0.25, 0.3) is 0 Å². The third-order valence-electron chi connectivity index (χ3n) is 2.61. The van der Waals surface area contributed by atoms with E-state index in [0.717, 1.165) is 18.4 Å². The van der Waals surface area contributed by atoms with Crippen LogP contribution in [0.15, 0.2) is 24.3 Å². The van der Waals surface area contributed by atoms with Crippen LogP contribution in [0.3, 0.4) is 0 Å². The van der Waals surface area contributed by atoms with Crippen LogP contribution in [0.1, 0.15) is 30.6 Å². The third kappa shape index (κ3) is 4.31. The van der Waals surface area contributed by atoms with Crippen LogP contribution in [-0.4, -0.2) is 29.9 Å². The van der Waals surface area contributed by atoms with Crippen LogP contribution in [-0.2, 0) is 6.42 Å². The number of nitrogens with one attached hydrogen (secondary N) is 1. The van der Waals surface area contributed by atoms with Crippen molar-refractivity contribution in [3.8, 4) is 0 Å². The zero-order valence-corrected chi connectivity index (χ0v) is 9.98. The standard InChI is InChI=1S/C13H21NO2/c1-10(15)3-4-11-5-7-12(8-6-11)13(16)9-14-2/h5-8,10,13-16H,3-4,9H2,1-2H3. The van der Waals surface area contributed by atoms with Crippen molar-refractivity contribution >= 4 is 0 Å². The fraction of sp³-hybridized carbons (Fsp3) is 0.538. The number of rotatable bonds is 6. The molecule has 2 atom stereocenters. The predicted octanol–water partition coefficient (Wildman–Crippen LogP) is 1.25. The molecular formula is C13H21NO2. The Labute approximate surface area is 97.1 Å². The van der Waals surface area contributed by atoms with Crippen LogP contribution in [0.25, 0.3) is 0 Å². The van der Waals surface area contributed by atoms with Gasteiger partial charge in [-0.2, -0.15) is 0 Å². The molecule has 1 aromatic rings. The average Bonchev–Trinajstić information content (AvgIpc) is 2.27. The highest BCUT2D eigenvalue weighted by atomic mass is 16.3. The molecular weight excluding hydrogens is 202 g/mol. The summed E-state index contributed by atoms with van der Waals surface area (Å²) >= 11 is 0. The van der Waals surface area contributed by atoms with Gasteiger partial charge in [-0.25, -0.2) is 0 Å². The van der Waals surface area contributed by atoms with Crippen molar-refractivity contribution in [2.75, 3.05) is 13.6 Å². The van der Waals surface area contributed by atoms with E-state index in [1.165, 1.54) is 5.56 Å². The van der Waals surface area contributed by atoms with E-state index in [9.17, 15) is 10.2 Å². The van der Waals surface area contributed by atoms with Crippen molar-refractivity contribution in [1.82, 2.24) is 5.32 Å². The summed E-state index contributed by atoms with van der Waals surface area (Å²) in [6, 6.07) is 7.91. The Morgan fingerprint density at radius 3 is 2.31 bits per heavy atom. The number of likely N-dealkylation sites (N-methyl/N-ethyl adjacent to an activating group) is 1. The Kier molecular flexibility index (Phi) is 5.46. The van der Waals surface area contributed by atoms with Crippen LogP contribution in [0, 0.1) is 0 Å². The highest BCUT2D eigenvalue weighted by Gasteiger charge is 2.05. The quantitative estimate of drug-likeness (QED) is 0.680. The molecule has 0 saturated carbocycles. The Morgan fingerprint density at radius 1 is 1.19 bits per heavy atom. The molecule has 0 aliphatic rings. The first kappa shape index (κ1) is 13.2. The zero-order valence-electron chi connectivity index (χ0n) is 9.98. The van der Waals surface area contributed by atoms with Gasteiger partial charge in [0.15, 0.2) is 0 Å². The Morgan fingerprint density at radius 2 is 1.81 bits per heavy atom. The lowest BCUT2D eigenvalue weighted by Crippen LogP contribution is -2.16. The molecule has 0 aliphatic carbocycles. The normalized spacial score (nSPS) is 14.8. The minimum absolute atomic E-state index is 0.255. The van der Waals surface area contributed by atoms with E-state index in [1.807, 2.05) is 31.3 Å². The molecule has 0 spiro atoms. The summed E-state index contributed by atoms with van der Waals surface area (Å²) < 4.78 is 0. The van der Waals surface area contributed by atoms with Gasteiger partial charge < -0.3 is 15.5 Å². The summed E-state index contributed by atoms with van der Waals surface area (Å²) in [7, 11) is 1.82. The molecule has 0 amide bonds. The van der Waals surface area contributed by atoms with Gasteiger partial charge in [0, 0.05) is 6.54 Å². The minimum atomic E-state index is -0.448. The van der Waals surface area contributed by atoms with Crippen LogP contribution in [0.4, 0.5) is 0 Å². The first-order valence-corrected chi connectivity index (χ1v) is 5.73. The number of hydrogen-bond donors (Lipinski definition) is 3. The van der Waals surface area contributed by atoms with Crippen LogP contribution in [0.2, 0.25) is 0 Å². The number of aliphatic hydroxyl groups excluding tert-OH is 2. The molecule has 1 rings (SSSR count). The number of benzene rings is 1. The molecule has 0 heterocycles. The molecule has 0 bridgehead atoms. The van der Waals surface area contributed by atoms with Gasteiger partial charge in [0.1, 0.15) is 0 Å². The van der Waals surface area contributed by atoms with E-state index in [0.29, 0.717) is 6.54 Å². The molecule has 3 nitrogen and oxygen atoms in total. The monoisotopic (exact) mass is 223 g/mol.